The van der Waals surface area contributed by atoms with Gasteiger partial charge in [-0.2, -0.15) is 0 Å². The molecule has 0 aliphatic rings. The van der Waals surface area contributed by atoms with E-state index in [4.69, 9.17) is 15.2 Å². The topological polar surface area (TPSA) is 73.6 Å². The molecule has 0 aromatic heterocycles. The average Bonchev–Trinajstić information content (AvgIpc) is 2.45. The van der Waals surface area contributed by atoms with Gasteiger partial charge in [-0.05, 0) is 25.0 Å². The summed E-state index contributed by atoms with van der Waals surface area (Å²) in [5.41, 5.74) is 6.73. The first kappa shape index (κ1) is 16.3. The summed E-state index contributed by atoms with van der Waals surface area (Å²) < 4.78 is 10.5. The predicted octanol–water partition coefficient (Wildman–Crippen LogP) is 1.86. The van der Waals surface area contributed by atoms with Crippen molar-refractivity contribution in [3.05, 3.63) is 23.8 Å². The van der Waals surface area contributed by atoms with E-state index in [1.165, 1.54) is 0 Å². The molecule has 0 spiro atoms. The van der Waals surface area contributed by atoms with Crippen molar-refractivity contribution < 1.29 is 14.3 Å². The highest BCUT2D eigenvalue weighted by Crippen LogP contribution is 2.29. The second kappa shape index (κ2) is 7.14. The fourth-order valence-corrected chi connectivity index (χ4v) is 1.87. The Bertz CT molecular complexity index is 460. The third kappa shape index (κ3) is 3.87. The van der Waals surface area contributed by atoms with Crippen molar-refractivity contribution in [1.82, 2.24) is 5.32 Å². The molecule has 20 heavy (non-hydrogen) atoms. The van der Waals surface area contributed by atoms with Crippen LogP contribution in [0.15, 0.2) is 18.2 Å². The summed E-state index contributed by atoms with van der Waals surface area (Å²) in [7, 11) is 3.19. The van der Waals surface area contributed by atoms with E-state index in [-0.39, 0.29) is 17.9 Å². The van der Waals surface area contributed by atoms with E-state index in [1.54, 1.807) is 20.3 Å². The Morgan fingerprint density at radius 3 is 2.35 bits per heavy atom. The van der Waals surface area contributed by atoms with E-state index in [2.05, 4.69) is 5.32 Å². The molecule has 5 heteroatoms. The highest BCUT2D eigenvalue weighted by molar-refractivity contribution is 5.82. The Kier molecular flexibility index (Phi) is 5.82. The van der Waals surface area contributed by atoms with Crippen molar-refractivity contribution in [2.75, 3.05) is 14.2 Å². The van der Waals surface area contributed by atoms with E-state index < -0.39 is 6.04 Å². The molecule has 1 amide bonds. The van der Waals surface area contributed by atoms with Gasteiger partial charge in [-0.3, -0.25) is 4.79 Å². The molecule has 1 aromatic carbocycles. The highest BCUT2D eigenvalue weighted by Gasteiger charge is 2.21. The maximum atomic E-state index is 12.0. The van der Waals surface area contributed by atoms with Crippen molar-refractivity contribution in [2.24, 2.45) is 11.7 Å². The summed E-state index contributed by atoms with van der Waals surface area (Å²) in [6, 6.07) is 4.81. The molecular formula is C15H24N2O3. The molecule has 0 fully saturated rings. The molecule has 1 rings (SSSR count). The second-order valence-electron chi connectivity index (χ2n) is 5.11. The van der Waals surface area contributed by atoms with E-state index in [1.807, 2.05) is 32.9 Å². The molecule has 0 aliphatic heterocycles. The van der Waals surface area contributed by atoms with Crippen LogP contribution in [0.1, 0.15) is 32.4 Å². The Morgan fingerprint density at radius 2 is 1.85 bits per heavy atom. The normalized spacial score (nSPS) is 13.8. The summed E-state index contributed by atoms with van der Waals surface area (Å²) >= 11 is 0. The van der Waals surface area contributed by atoms with Crippen LogP contribution in [-0.2, 0) is 4.79 Å². The van der Waals surface area contributed by atoms with Gasteiger partial charge in [-0.15, -0.1) is 0 Å². The maximum absolute atomic E-state index is 12.0. The summed E-state index contributed by atoms with van der Waals surface area (Å²) in [5.74, 6) is 1.32. The molecular weight excluding hydrogens is 256 g/mol. The lowest BCUT2D eigenvalue weighted by Crippen LogP contribution is -2.44. The van der Waals surface area contributed by atoms with Gasteiger partial charge in [0.25, 0.3) is 0 Å². The SMILES string of the molecule is COc1ccc(C(C)NC(=O)[C@@H](N)C(C)C)c(OC)c1. The third-order valence-corrected chi connectivity index (χ3v) is 3.29. The standard InChI is InChI=1S/C15H24N2O3/c1-9(2)14(16)15(18)17-10(3)12-7-6-11(19-4)8-13(12)20-5/h6-10,14H,16H2,1-5H3,(H,17,18)/t10?,14-/m0/s1. The number of carbonyl (C=O) groups is 1. The number of benzene rings is 1. The number of hydrogen-bond donors (Lipinski definition) is 2. The van der Waals surface area contributed by atoms with Gasteiger partial charge in [-0.1, -0.05) is 13.8 Å². The van der Waals surface area contributed by atoms with Gasteiger partial charge >= 0.3 is 0 Å². The molecule has 112 valence electrons. The third-order valence-electron chi connectivity index (χ3n) is 3.29. The van der Waals surface area contributed by atoms with Gasteiger partial charge in [0.1, 0.15) is 11.5 Å². The number of methoxy groups -OCH3 is 2. The molecule has 0 saturated carbocycles. The minimum absolute atomic E-state index is 0.0972. The van der Waals surface area contributed by atoms with Crippen LogP contribution in [0.2, 0.25) is 0 Å². The number of rotatable bonds is 6. The van der Waals surface area contributed by atoms with Gasteiger partial charge in [0.15, 0.2) is 0 Å². The van der Waals surface area contributed by atoms with Crippen LogP contribution in [0.4, 0.5) is 0 Å². The van der Waals surface area contributed by atoms with Gasteiger partial charge in [-0.25, -0.2) is 0 Å². The van der Waals surface area contributed by atoms with E-state index >= 15 is 0 Å². The van der Waals surface area contributed by atoms with E-state index in [9.17, 15) is 4.79 Å². The van der Waals surface area contributed by atoms with Gasteiger partial charge < -0.3 is 20.5 Å². The first-order valence-electron chi connectivity index (χ1n) is 6.68. The number of hydrogen-bond acceptors (Lipinski definition) is 4. The Morgan fingerprint density at radius 1 is 1.20 bits per heavy atom. The van der Waals surface area contributed by atoms with Gasteiger partial charge in [0, 0.05) is 11.6 Å². The molecule has 1 unspecified atom stereocenters. The highest BCUT2D eigenvalue weighted by atomic mass is 16.5. The fraction of sp³-hybridized carbons (Fsp3) is 0.533. The Balaban J connectivity index is 2.87. The molecule has 0 heterocycles. The predicted molar refractivity (Wildman–Crippen MR) is 78.9 cm³/mol. The number of nitrogens with two attached hydrogens (primary N) is 1. The lowest BCUT2D eigenvalue weighted by Gasteiger charge is -2.21. The van der Waals surface area contributed by atoms with Crippen molar-refractivity contribution >= 4 is 5.91 Å². The van der Waals surface area contributed by atoms with Gasteiger partial charge in [0.05, 0.1) is 26.3 Å². The van der Waals surface area contributed by atoms with Crippen LogP contribution in [0, 0.1) is 5.92 Å². The second-order valence-corrected chi connectivity index (χ2v) is 5.11. The molecule has 2 atom stereocenters. The molecule has 1 aromatic rings. The maximum Gasteiger partial charge on any atom is 0.237 e. The zero-order valence-electron chi connectivity index (χ0n) is 12.8. The Hall–Kier alpha value is -1.75. The van der Waals surface area contributed by atoms with Crippen molar-refractivity contribution in [1.29, 1.82) is 0 Å². The monoisotopic (exact) mass is 280 g/mol. The van der Waals surface area contributed by atoms with Crippen LogP contribution in [0.3, 0.4) is 0 Å². The molecule has 0 radical (unpaired) electrons. The quantitative estimate of drug-likeness (QED) is 0.834. The van der Waals surface area contributed by atoms with Crippen molar-refractivity contribution in [3.8, 4) is 11.5 Å². The van der Waals surface area contributed by atoms with Crippen LogP contribution >= 0.6 is 0 Å². The molecule has 0 saturated heterocycles. The largest absolute Gasteiger partial charge is 0.497 e. The van der Waals surface area contributed by atoms with Crippen LogP contribution in [0.5, 0.6) is 11.5 Å². The first-order valence-corrected chi connectivity index (χ1v) is 6.68. The summed E-state index contributed by atoms with van der Waals surface area (Å²) in [6.45, 7) is 5.74. The van der Waals surface area contributed by atoms with E-state index in [0.717, 1.165) is 5.56 Å². The van der Waals surface area contributed by atoms with E-state index in [0.29, 0.717) is 11.5 Å². The minimum Gasteiger partial charge on any atom is -0.497 e. The lowest BCUT2D eigenvalue weighted by atomic mass is 10.0. The number of amides is 1. The minimum atomic E-state index is -0.512. The number of nitrogens with one attached hydrogen (secondary N) is 1. The van der Waals surface area contributed by atoms with Crippen LogP contribution in [0.25, 0.3) is 0 Å². The summed E-state index contributed by atoms with van der Waals surface area (Å²) in [6.07, 6.45) is 0. The molecule has 0 bridgehead atoms. The molecule has 3 N–H and O–H groups in total. The first-order chi connectivity index (χ1) is 9.40. The van der Waals surface area contributed by atoms with Crippen molar-refractivity contribution in [3.63, 3.8) is 0 Å². The smallest absolute Gasteiger partial charge is 0.237 e. The number of carbonyl (C=O) groups excluding carboxylic acids is 1. The zero-order chi connectivity index (χ0) is 15.3. The molecule has 0 aliphatic carbocycles. The summed E-state index contributed by atoms with van der Waals surface area (Å²) in [5, 5.41) is 2.90. The fourth-order valence-electron chi connectivity index (χ4n) is 1.87. The average molecular weight is 280 g/mol. The number of ether oxygens (including phenoxy) is 2. The van der Waals surface area contributed by atoms with Crippen LogP contribution < -0.4 is 20.5 Å². The molecule has 5 nitrogen and oxygen atoms in total. The lowest BCUT2D eigenvalue weighted by molar-refractivity contribution is -0.123. The summed E-state index contributed by atoms with van der Waals surface area (Å²) in [4.78, 5) is 12.0. The van der Waals surface area contributed by atoms with Gasteiger partial charge in [0.2, 0.25) is 5.91 Å². The Labute approximate surface area is 120 Å². The van der Waals surface area contributed by atoms with Crippen molar-refractivity contribution in [2.45, 2.75) is 32.9 Å². The van der Waals surface area contributed by atoms with Crippen LogP contribution in [-0.4, -0.2) is 26.2 Å². The zero-order valence-corrected chi connectivity index (χ0v) is 12.8.